The van der Waals surface area contributed by atoms with Gasteiger partial charge in [0.2, 0.25) is 23.6 Å². The van der Waals surface area contributed by atoms with Gasteiger partial charge in [-0.05, 0) is 75.6 Å². The third-order valence-corrected chi connectivity index (χ3v) is 12.0. The van der Waals surface area contributed by atoms with Crippen molar-refractivity contribution in [2.75, 3.05) is 90.4 Å². The standard InChI is InChI=1S/C44H52N12O6/c1-28-35(24-46-40-39(28)56(19-20-61-40)43(60)62-44(2,3)4)53-13-11-30-23-47-41(48-34(30)27-53)49-36-10-5-29(22-45-36)21-38(58)52-17-15-51(16-18-52)33-25-54(26-33)31-6-8-32(9-7-31)55-14-12-37(57)50-42(55)59/h5-10,22-24,33H,11-21,25-27H2,1-4H3,(H,50,57,59)(H,45,47,48,49). The van der Waals surface area contributed by atoms with Gasteiger partial charge in [-0.1, -0.05) is 6.07 Å². The first-order valence-electron chi connectivity index (χ1n) is 21.3. The summed E-state index contributed by atoms with van der Waals surface area (Å²) in [6.07, 6.45) is 6.28. The molecule has 0 bridgehead atoms. The molecule has 0 aliphatic carbocycles. The summed E-state index contributed by atoms with van der Waals surface area (Å²) < 4.78 is 11.5. The number of amides is 5. The quantitative estimate of drug-likeness (QED) is 0.259. The number of benzene rings is 1. The van der Waals surface area contributed by atoms with E-state index in [0.717, 1.165) is 78.6 Å². The topological polar surface area (TPSA) is 182 Å². The Morgan fingerprint density at radius 2 is 1.65 bits per heavy atom. The molecule has 1 aromatic carbocycles. The summed E-state index contributed by atoms with van der Waals surface area (Å²) >= 11 is 0. The second-order valence-electron chi connectivity index (χ2n) is 17.3. The molecule has 5 aliphatic heterocycles. The molecule has 62 heavy (non-hydrogen) atoms. The fourth-order valence-corrected chi connectivity index (χ4v) is 8.61. The highest BCUT2D eigenvalue weighted by molar-refractivity contribution is 6.05. The van der Waals surface area contributed by atoms with Crippen LogP contribution in [0.3, 0.4) is 0 Å². The zero-order valence-electron chi connectivity index (χ0n) is 35.6. The van der Waals surface area contributed by atoms with Crippen LogP contribution in [0, 0.1) is 6.92 Å². The van der Waals surface area contributed by atoms with Gasteiger partial charge in [0.05, 0.1) is 37.1 Å². The summed E-state index contributed by atoms with van der Waals surface area (Å²) in [7, 11) is 0. The van der Waals surface area contributed by atoms with Crippen molar-refractivity contribution < 1.29 is 28.7 Å². The Bertz CT molecular complexity index is 2360. The van der Waals surface area contributed by atoms with Crippen LogP contribution in [0.1, 0.15) is 49.6 Å². The number of fused-ring (bicyclic) bond motifs is 2. The van der Waals surface area contributed by atoms with Gasteiger partial charge in [-0.15, -0.1) is 0 Å². The predicted octanol–water partition coefficient (Wildman–Crippen LogP) is 4.04. The van der Waals surface area contributed by atoms with Crippen molar-refractivity contribution in [1.82, 2.24) is 35.1 Å². The van der Waals surface area contributed by atoms with Crippen LogP contribution in [0.15, 0.2) is 55.0 Å². The third kappa shape index (κ3) is 8.64. The first-order chi connectivity index (χ1) is 29.8. The van der Waals surface area contributed by atoms with E-state index < -0.39 is 11.7 Å². The van der Waals surface area contributed by atoms with Gasteiger partial charge in [-0.3, -0.25) is 29.6 Å². The Kier molecular flexibility index (Phi) is 11.0. The maximum Gasteiger partial charge on any atom is 0.415 e. The summed E-state index contributed by atoms with van der Waals surface area (Å²) in [4.78, 5) is 81.0. The van der Waals surface area contributed by atoms with Gasteiger partial charge in [0.1, 0.15) is 23.7 Å². The molecule has 0 saturated carbocycles. The largest absolute Gasteiger partial charge is 0.474 e. The van der Waals surface area contributed by atoms with Gasteiger partial charge < -0.3 is 29.5 Å². The SMILES string of the molecule is Cc1c(N2CCc3cnc(Nc4ccc(CC(=O)N5CCN(C6CN(c7ccc(N8CCC(=O)NC8=O)cc7)C6)CC5)cn4)nc3C2)cnc2c1N(C(=O)OC(C)(C)C)CCO2. The van der Waals surface area contributed by atoms with Crippen molar-refractivity contribution in [2.24, 2.45) is 0 Å². The first-order valence-corrected chi connectivity index (χ1v) is 21.3. The fourth-order valence-electron chi connectivity index (χ4n) is 8.61. The van der Waals surface area contributed by atoms with E-state index in [4.69, 9.17) is 14.5 Å². The summed E-state index contributed by atoms with van der Waals surface area (Å²) in [5.74, 6) is 1.28. The van der Waals surface area contributed by atoms with Crippen molar-refractivity contribution in [3.63, 3.8) is 0 Å². The molecule has 5 aliphatic rings. The third-order valence-electron chi connectivity index (χ3n) is 12.0. The summed E-state index contributed by atoms with van der Waals surface area (Å²) in [6, 6.07) is 11.7. The van der Waals surface area contributed by atoms with Crippen LogP contribution in [0.4, 0.5) is 44.1 Å². The minimum Gasteiger partial charge on any atom is -0.474 e. The molecule has 0 atom stereocenters. The summed E-state index contributed by atoms with van der Waals surface area (Å²) in [6.45, 7) is 14.8. The lowest BCUT2D eigenvalue weighted by Crippen LogP contribution is -2.63. The smallest absolute Gasteiger partial charge is 0.415 e. The number of hydrogen-bond acceptors (Lipinski definition) is 14. The number of piperazine rings is 1. The molecule has 3 fully saturated rings. The monoisotopic (exact) mass is 844 g/mol. The molecule has 9 rings (SSSR count). The van der Waals surface area contributed by atoms with E-state index in [1.807, 2.05) is 75.2 Å². The number of anilines is 6. The molecule has 18 nitrogen and oxygen atoms in total. The second-order valence-corrected chi connectivity index (χ2v) is 17.3. The highest BCUT2D eigenvalue weighted by Crippen LogP contribution is 2.40. The molecular weight excluding hydrogens is 793 g/mol. The van der Waals surface area contributed by atoms with Gasteiger partial charge in [0.25, 0.3) is 0 Å². The average molecular weight is 845 g/mol. The van der Waals surface area contributed by atoms with Crippen LogP contribution in [0.25, 0.3) is 0 Å². The minimum atomic E-state index is -0.632. The molecule has 324 valence electrons. The predicted molar refractivity (Wildman–Crippen MR) is 232 cm³/mol. The van der Waals surface area contributed by atoms with Crippen molar-refractivity contribution >= 4 is 58.5 Å². The number of carbonyl (C=O) groups is 4. The molecule has 4 aromatic rings. The number of nitrogens with one attached hydrogen (secondary N) is 2. The maximum atomic E-state index is 13.3. The van der Waals surface area contributed by atoms with Crippen LogP contribution in [-0.4, -0.2) is 131 Å². The molecule has 3 saturated heterocycles. The molecule has 18 heteroatoms. The van der Waals surface area contributed by atoms with Crippen LogP contribution >= 0.6 is 0 Å². The average Bonchev–Trinajstić information content (AvgIpc) is 3.23. The number of rotatable bonds is 8. The zero-order chi connectivity index (χ0) is 43.1. The van der Waals surface area contributed by atoms with Crippen molar-refractivity contribution in [2.45, 2.75) is 65.1 Å². The highest BCUT2D eigenvalue weighted by Gasteiger charge is 2.36. The van der Waals surface area contributed by atoms with Gasteiger partial charge in [-0.2, -0.15) is 0 Å². The van der Waals surface area contributed by atoms with Crippen molar-refractivity contribution in [1.29, 1.82) is 0 Å². The highest BCUT2D eigenvalue weighted by atomic mass is 16.6. The molecule has 0 radical (unpaired) electrons. The molecule has 3 aromatic heterocycles. The Morgan fingerprint density at radius 1 is 0.871 bits per heavy atom. The molecule has 8 heterocycles. The number of ether oxygens (including phenoxy) is 2. The summed E-state index contributed by atoms with van der Waals surface area (Å²) in [5.41, 5.74) is 6.45. The normalized spacial score (nSPS) is 18.4. The van der Waals surface area contributed by atoms with Crippen LogP contribution in [0.2, 0.25) is 0 Å². The number of aromatic nitrogens is 4. The number of hydrogen-bond donors (Lipinski definition) is 2. The van der Waals surface area contributed by atoms with E-state index in [1.54, 1.807) is 22.2 Å². The van der Waals surface area contributed by atoms with Gasteiger partial charge >= 0.3 is 12.1 Å². The van der Waals surface area contributed by atoms with E-state index in [1.165, 1.54) is 0 Å². The minimum absolute atomic E-state index is 0.0891. The second kappa shape index (κ2) is 16.7. The maximum absolute atomic E-state index is 13.3. The van der Waals surface area contributed by atoms with E-state index in [2.05, 4.69) is 40.3 Å². The zero-order valence-corrected chi connectivity index (χ0v) is 35.6. The van der Waals surface area contributed by atoms with Gasteiger partial charge in [-0.25, -0.2) is 29.5 Å². The van der Waals surface area contributed by atoms with E-state index in [-0.39, 0.29) is 24.3 Å². The van der Waals surface area contributed by atoms with Gasteiger partial charge in [0, 0.05) is 94.2 Å². The number of nitrogens with zero attached hydrogens (tertiary/aromatic N) is 10. The lowest BCUT2D eigenvalue weighted by atomic mass is 10.0. The van der Waals surface area contributed by atoms with Crippen molar-refractivity contribution in [3.8, 4) is 5.88 Å². The first kappa shape index (κ1) is 40.8. The molecule has 5 amide bonds. The number of carbonyl (C=O) groups excluding carboxylic acids is 4. The molecule has 0 unspecified atom stereocenters. The van der Waals surface area contributed by atoms with E-state index in [9.17, 15) is 19.2 Å². The fraction of sp³-hybridized carbons (Fsp3) is 0.455. The van der Waals surface area contributed by atoms with E-state index >= 15 is 0 Å². The Morgan fingerprint density at radius 3 is 2.37 bits per heavy atom. The summed E-state index contributed by atoms with van der Waals surface area (Å²) in [5, 5.41) is 5.60. The Hall–Kier alpha value is -6.56. The molecular formula is C44H52N12O6. The molecule has 0 spiro atoms. The Labute approximate surface area is 360 Å². The van der Waals surface area contributed by atoms with Gasteiger partial charge in [0.15, 0.2) is 0 Å². The Balaban J connectivity index is 0.746. The van der Waals surface area contributed by atoms with Crippen LogP contribution < -0.4 is 35.0 Å². The van der Waals surface area contributed by atoms with Crippen molar-refractivity contribution in [3.05, 3.63) is 77.4 Å². The number of urea groups is 1. The number of pyridine rings is 2. The lowest BCUT2D eigenvalue weighted by Gasteiger charge is -2.49. The number of imide groups is 1. The lowest BCUT2D eigenvalue weighted by molar-refractivity contribution is -0.132. The van der Waals surface area contributed by atoms with Crippen LogP contribution in [-0.2, 0) is 33.7 Å². The molecule has 2 N–H and O–H groups in total. The van der Waals surface area contributed by atoms with Crippen LogP contribution in [0.5, 0.6) is 5.88 Å². The van der Waals surface area contributed by atoms with E-state index in [0.29, 0.717) is 75.1 Å².